The molecule has 0 saturated heterocycles. The highest BCUT2D eigenvalue weighted by molar-refractivity contribution is 6.33. The SMILES string of the molecule is CCCC(C)N(C)C(=O)c1cnccc1Cl. The van der Waals surface area contributed by atoms with E-state index in [9.17, 15) is 4.79 Å². The van der Waals surface area contributed by atoms with Crippen LogP contribution in [0.15, 0.2) is 18.5 Å². The van der Waals surface area contributed by atoms with Crippen molar-refractivity contribution in [2.75, 3.05) is 7.05 Å². The first kappa shape index (κ1) is 13.0. The minimum atomic E-state index is -0.0703. The topological polar surface area (TPSA) is 33.2 Å². The van der Waals surface area contributed by atoms with Gasteiger partial charge in [0.25, 0.3) is 5.91 Å². The average Bonchev–Trinajstić information content (AvgIpc) is 2.28. The fourth-order valence-corrected chi connectivity index (χ4v) is 1.72. The van der Waals surface area contributed by atoms with Crippen LogP contribution in [0.4, 0.5) is 0 Å². The summed E-state index contributed by atoms with van der Waals surface area (Å²) < 4.78 is 0. The number of halogens is 1. The van der Waals surface area contributed by atoms with Gasteiger partial charge in [-0.2, -0.15) is 0 Å². The van der Waals surface area contributed by atoms with Crippen molar-refractivity contribution in [2.24, 2.45) is 0 Å². The van der Waals surface area contributed by atoms with E-state index in [4.69, 9.17) is 11.6 Å². The normalized spacial score (nSPS) is 12.2. The Morgan fingerprint density at radius 1 is 1.62 bits per heavy atom. The molecular formula is C12H17ClN2O. The highest BCUT2D eigenvalue weighted by Gasteiger charge is 2.18. The minimum Gasteiger partial charge on any atom is -0.339 e. The highest BCUT2D eigenvalue weighted by atomic mass is 35.5. The second-order valence-corrected chi connectivity index (χ2v) is 4.32. The molecule has 1 aromatic rings. The smallest absolute Gasteiger partial charge is 0.256 e. The lowest BCUT2D eigenvalue weighted by Gasteiger charge is -2.24. The average molecular weight is 241 g/mol. The fourth-order valence-electron chi connectivity index (χ4n) is 1.54. The molecule has 0 bridgehead atoms. The fraction of sp³-hybridized carbons (Fsp3) is 0.500. The van der Waals surface area contributed by atoms with Crippen LogP contribution in [0.3, 0.4) is 0 Å². The van der Waals surface area contributed by atoms with Crippen molar-refractivity contribution in [3.05, 3.63) is 29.0 Å². The van der Waals surface area contributed by atoms with Gasteiger partial charge in [-0.15, -0.1) is 0 Å². The summed E-state index contributed by atoms with van der Waals surface area (Å²) in [5.74, 6) is -0.0703. The summed E-state index contributed by atoms with van der Waals surface area (Å²) in [5.41, 5.74) is 0.467. The van der Waals surface area contributed by atoms with Crippen LogP contribution < -0.4 is 0 Å². The van der Waals surface area contributed by atoms with Crippen LogP contribution in [-0.4, -0.2) is 28.9 Å². The third-order valence-electron chi connectivity index (χ3n) is 2.69. The molecule has 16 heavy (non-hydrogen) atoms. The van der Waals surface area contributed by atoms with E-state index in [1.54, 1.807) is 24.2 Å². The van der Waals surface area contributed by atoms with Crippen molar-refractivity contribution in [3.63, 3.8) is 0 Å². The molecule has 0 aliphatic heterocycles. The van der Waals surface area contributed by atoms with E-state index in [-0.39, 0.29) is 11.9 Å². The molecule has 1 unspecified atom stereocenters. The first-order valence-electron chi connectivity index (χ1n) is 5.44. The molecule has 0 aliphatic rings. The van der Waals surface area contributed by atoms with Crippen LogP contribution in [0, 0.1) is 0 Å². The van der Waals surface area contributed by atoms with Gasteiger partial charge in [0.1, 0.15) is 0 Å². The molecule has 1 atom stereocenters. The second-order valence-electron chi connectivity index (χ2n) is 3.91. The van der Waals surface area contributed by atoms with Crippen molar-refractivity contribution in [1.29, 1.82) is 0 Å². The van der Waals surface area contributed by atoms with Gasteiger partial charge in [0, 0.05) is 25.5 Å². The van der Waals surface area contributed by atoms with Crippen molar-refractivity contribution in [1.82, 2.24) is 9.88 Å². The summed E-state index contributed by atoms with van der Waals surface area (Å²) in [6.45, 7) is 4.14. The number of carbonyl (C=O) groups is 1. The number of nitrogens with zero attached hydrogens (tertiary/aromatic N) is 2. The Balaban J connectivity index is 2.82. The Hall–Kier alpha value is -1.09. The lowest BCUT2D eigenvalue weighted by molar-refractivity contribution is 0.0736. The molecule has 3 nitrogen and oxygen atoms in total. The molecular weight excluding hydrogens is 224 g/mol. The van der Waals surface area contributed by atoms with E-state index in [1.807, 2.05) is 6.92 Å². The number of rotatable bonds is 4. The number of carbonyl (C=O) groups excluding carboxylic acids is 1. The van der Waals surface area contributed by atoms with Gasteiger partial charge in [-0.3, -0.25) is 9.78 Å². The molecule has 1 heterocycles. The van der Waals surface area contributed by atoms with Crippen molar-refractivity contribution in [3.8, 4) is 0 Å². The predicted octanol–water partition coefficient (Wildman–Crippen LogP) is 3.00. The predicted molar refractivity (Wildman–Crippen MR) is 65.7 cm³/mol. The number of pyridine rings is 1. The minimum absolute atomic E-state index is 0.0703. The molecule has 4 heteroatoms. The van der Waals surface area contributed by atoms with Crippen molar-refractivity contribution >= 4 is 17.5 Å². The maximum Gasteiger partial charge on any atom is 0.256 e. The first-order chi connectivity index (χ1) is 7.57. The summed E-state index contributed by atoms with van der Waals surface area (Å²) in [4.78, 5) is 17.7. The van der Waals surface area contributed by atoms with E-state index in [1.165, 1.54) is 6.20 Å². The molecule has 0 aromatic carbocycles. The Kier molecular flexibility index (Phi) is 4.74. The van der Waals surface area contributed by atoms with Gasteiger partial charge in [0.2, 0.25) is 0 Å². The molecule has 0 aliphatic carbocycles. The number of hydrogen-bond acceptors (Lipinski definition) is 2. The Bertz CT molecular complexity index is 368. The summed E-state index contributed by atoms with van der Waals surface area (Å²) in [6.07, 6.45) is 5.13. The number of amides is 1. The molecule has 0 fully saturated rings. The van der Waals surface area contributed by atoms with Crippen LogP contribution in [0.25, 0.3) is 0 Å². The Morgan fingerprint density at radius 3 is 2.88 bits per heavy atom. The van der Waals surface area contributed by atoms with E-state index in [0.29, 0.717) is 10.6 Å². The van der Waals surface area contributed by atoms with E-state index >= 15 is 0 Å². The largest absolute Gasteiger partial charge is 0.339 e. The first-order valence-corrected chi connectivity index (χ1v) is 5.82. The Morgan fingerprint density at radius 2 is 2.31 bits per heavy atom. The zero-order valence-corrected chi connectivity index (χ0v) is 10.7. The summed E-state index contributed by atoms with van der Waals surface area (Å²) >= 11 is 5.96. The van der Waals surface area contributed by atoms with Crippen molar-refractivity contribution in [2.45, 2.75) is 32.7 Å². The van der Waals surface area contributed by atoms with Gasteiger partial charge < -0.3 is 4.90 Å². The zero-order valence-electron chi connectivity index (χ0n) is 9.90. The monoisotopic (exact) mass is 240 g/mol. The number of aromatic nitrogens is 1. The van der Waals surface area contributed by atoms with Crippen LogP contribution in [0.5, 0.6) is 0 Å². The molecule has 1 amide bonds. The van der Waals surface area contributed by atoms with Crippen LogP contribution in [-0.2, 0) is 0 Å². The molecule has 0 N–H and O–H groups in total. The van der Waals surface area contributed by atoms with E-state index in [2.05, 4.69) is 11.9 Å². The maximum atomic E-state index is 12.1. The van der Waals surface area contributed by atoms with Gasteiger partial charge in [-0.25, -0.2) is 0 Å². The lowest BCUT2D eigenvalue weighted by atomic mass is 10.1. The lowest BCUT2D eigenvalue weighted by Crippen LogP contribution is -2.35. The summed E-state index contributed by atoms with van der Waals surface area (Å²) in [6, 6.07) is 1.85. The molecule has 0 radical (unpaired) electrons. The molecule has 88 valence electrons. The van der Waals surface area contributed by atoms with Gasteiger partial charge in [-0.1, -0.05) is 24.9 Å². The zero-order chi connectivity index (χ0) is 12.1. The highest BCUT2D eigenvalue weighted by Crippen LogP contribution is 2.17. The quantitative estimate of drug-likeness (QED) is 0.811. The maximum absolute atomic E-state index is 12.1. The molecule has 1 aromatic heterocycles. The Labute approximate surface area is 101 Å². The van der Waals surface area contributed by atoms with Crippen LogP contribution in [0.1, 0.15) is 37.0 Å². The second kappa shape index (κ2) is 5.85. The molecule has 0 saturated carbocycles. The van der Waals surface area contributed by atoms with Gasteiger partial charge in [-0.05, 0) is 19.4 Å². The molecule has 1 rings (SSSR count). The van der Waals surface area contributed by atoms with E-state index < -0.39 is 0 Å². The van der Waals surface area contributed by atoms with E-state index in [0.717, 1.165) is 12.8 Å². The van der Waals surface area contributed by atoms with Crippen LogP contribution >= 0.6 is 11.6 Å². The van der Waals surface area contributed by atoms with Crippen LogP contribution in [0.2, 0.25) is 5.02 Å². The van der Waals surface area contributed by atoms with Gasteiger partial charge in [0.05, 0.1) is 10.6 Å². The standard InChI is InChI=1S/C12H17ClN2O/c1-4-5-9(2)15(3)12(16)10-8-14-7-6-11(10)13/h6-9H,4-5H2,1-3H3. The third kappa shape index (κ3) is 2.95. The third-order valence-corrected chi connectivity index (χ3v) is 3.02. The summed E-state index contributed by atoms with van der Waals surface area (Å²) in [7, 11) is 1.80. The van der Waals surface area contributed by atoms with Gasteiger partial charge in [0.15, 0.2) is 0 Å². The van der Waals surface area contributed by atoms with Gasteiger partial charge >= 0.3 is 0 Å². The summed E-state index contributed by atoms with van der Waals surface area (Å²) in [5, 5.41) is 0.454. The number of hydrogen-bond donors (Lipinski definition) is 0. The molecule has 0 spiro atoms. The van der Waals surface area contributed by atoms with Crippen molar-refractivity contribution < 1.29 is 4.79 Å².